The number of hydrogen-bond donors (Lipinski definition) is 0. The Kier molecular flexibility index (Phi) is 2.74. The molecule has 0 bridgehead atoms. The van der Waals surface area contributed by atoms with Crippen LogP contribution in [-0.4, -0.2) is 11.6 Å². The topological polar surface area (TPSA) is 34.1 Å². The second-order valence-electron chi connectivity index (χ2n) is 5.03. The molecule has 0 radical (unpaired) electrons. The fourth-order valence-electron chi connectivity index (χ4n) is 1.98. The largest absolute Gasteiger partial charge is 0.289 e. The molecule has 0 saturated carbocycles. The third-order valence-corrected chi connectivity index (χ3v) is 3.14. The molecule has 0 heterocycles. The molecule has 0 N–H and O–H groups in total. The van der Waals surface area contributed by atoms with Gasteiger partial charge in [-0.25, -0.2) is 0 Å². The van der Waals surface area contributed by atoms with Gasteiger partial charge in [-0.15, -0.1) is 0 Å². The van der Waals surface area contributed by atoms with Crippen LogP contribution in [0.2, 0.25) is 0 Å². The van der Waals surface area contributed by atoms with E-state index in [0.717, 1.165) is 0 Å². The lowest BCUT2D eigenvalue weighted by molar-refractivity contribution is -0.115. The van der Waals surface area contributed by atoms with Gasteiger partial charge in [0.1, 0.15) is 0 Å². The molecule has 2 aliphatic carbocycles. The van der Waals surface area contributed by atoms with Crippen LogP contribution in [0.25, 0.3) is 0 Å². The van der Waals surface area contributed by atoms with E-state index >= 15 is 0 Å². The van der Waals surface area contributed by atoms with E-state index in [1.165, 1.54) is 6.08 Å². The van der Waals surface area contributed by atoms with Crippen LogP contribution in [0.5, 0.6) is 0 Å². The minimum Gasteiger partial charge on any atom is -0.289 e. The lowest BCUT2D eigenvalue weighted by Crippen LogP contribution is -2.17. The van der Waals surface area contributed by atoms with E-state index in [0.29, 0.717) is 23.1 Å². The Balaban J connectivity index is 2.52. The van der Waals surface area contributed by atoms with Gasteiger partial charge in [0.25, 0.3) is 0 Å². The van der Waals surface area contributed by atoms with Crippen LogP contribution in [0.3, 0.4) is 0 Å². The number of Topliss-reactive ketones (excluding diaryl/α,β-unsaturated/α-hetero) is 1. The quantitative estimate of drug-likeness (QED) is 0.647. The zero-order valence-electron chi connectivity index (χ0n) is 10.4. The molecule has 2 heteroatoms. The molecule has 0 fully saturated rings. The zero-order valence-corrected chi connectivity index (χ0v) is 10.4. The Bertz CT molecular complexity index is 511. The molecule has 0 saturated heterocycles. The summed E-state index contributed by atoms with van der Waals surface area (Å²) in [5.74, 6) is -0.0734. The summed E-state index contributed by atoms with van der Waals surface area (Å²) in [6.45, 7) is 5.98. The molecule has 17 heavy (non-hydrogen) atoms. The standard InChI is InChI=1S/C15H16O2/c1-4-10-9-13(16)11-5-7-15(2,3)8-6-12(11)14(10)17/h5-9H,4H2,1-3H3. The fraction of sp³-hybridized carbons (Fsp3) is 0.333. The van der Waals surface area contributed by atoms with E-state index < -0.39 is 0 Å². The maximum absolute atomic E-state index is 12.1. The zero-order chi connectivity index (χ0) is 12.6. The number of rotatable bonds is 1. The number of allylic oxidation sites excluding steroid dienone is 8. The normalized spacial score (nSPS) is 22.4. The van der Waals surface area contributed by atoms with E-state index in [9.17, 15) is 9.59 Å². The molecule has 0 amide bonds. The smallest absolute Gasteiger partial charge is 0.189 e. The van der Waals surface area contributed by atoms with Gasteiger partial charge in [-0.1, -0.05) is 45.1 Å². The molecule has 2 nitrogen and oxygen atoms in total. The highest BCUT2D eigenvalue weighted by Gasteiger charge is 2.26. The molecule has 0 aromatic heterocycles. The van der Waals surface area contributed by atoms with Crippen molar-refractivity contribution in [2.24, 2.45) is 5.41 Å². The summed E-state index contributed by atoms with van der Waals surface area (Å²) in [6.07, 6.45) is 9.56. The molecule has 0 aromatic rings. The van der Waals surface area contributed by atoms with Crippen molar-refractivity contribution in [3.63, 3.8) is 0 Å². The predicted octanol–water partition coefficient (Wildman–Crippen LogP) is 2.92. The third kappa shape index (κ3) is 2.07. The number of carbonyl (C=O) groups excluding carboxylic acids is 2. The summed E-state index contributed by atoms with van der Waals surface area (Å²) >= 11 is 0. The minimum absolute atomic E-state index is 0.0132. The van der Waals surface area contributed by atoms with Gasteiger partial charge >= 0.3 is 0 Å². The van der Waals surface area contributed by atoms with Crippen molar-refractivity contribution >= 4 is 11.6 Å². The molecule has 0 spiro atoms. The molecule has 0 atom stereocenters. The van der Waals surface area contributed by atoms with Crippen molar-refractivity contribution in [1.29, 1.82) is 0 Å². The highest BCUT2D eigenvalue weighted by Crippen LogP contribution is 2.30. The minimum atomic E-state index is -0.121. The lowest BCUT2D eigenvalue weighted by atomic mass is 9.88. The first-order valence-corrected chi connectivity index (χ1v) is 5.87. The van der Waals surface area contributed by atoms with Crippen molar-refractivity contribution in [2.75, 3.05) is 0 Å². The first kappa shape index (κ1) is 11.8. The maximum Gasteiger partial charge on any atom is 0.189 e. The average Bonchev–Trinajstić information content (AvgIpc) is 2.43. The van der Waals surface area contributed by atoms with Gasteiger partial charge in [0.05, 0.1) is 0 Å². The van der Waals surface area contributed by atoms with Gasteiger partial charge in [0, 0.05) is 22.1 Å². The molecular formula is C15H16O2. The van der Waals surface area contributed by atoms with E-state index in [4.69, 9.17) is 0 Å². The summed E-state index contributed by atoms with van der Waals surface area (Å²) in [6, 6.07) is 0. The van der Waals surface area contributed by atoms with Crippen molar-refractivity contribution < 1.29 is 9.59 Å². The Labute approximate surface area is 101 Å². The van der Waals surface area contributed by atoms with Crippen LogP contribution >= 0.6 is 0 Å². The van der Waals surface area contributed by atoms with Crippen molar-refractivity contribution in [3.8, 4) is 0 Å². The van der Waals surface area contributed by atoms with Gasteiger partial charge in [-0.3, -0.25) is 9.59 Å². The lowest BCUT2D eigenvalue weighted by Gasteiger charge is -2.13. The molecule has 88 valence electrons. The molecule has 0 aromatic carbocycles. The third-order valence-electron chi connectivity index (χ3n) is 3.14. The van der Waals surface area contributed by atoms with Gasteiger partial charge in [0.2, 0.25) is 0 Å². The van der Waals surface area contributed by atoms with E-state index in [2.05, 4.69) is 0 Å². The number of ketones is 2. The van der Waals surface area contributed by atoms with Crippen molar-refractivity contribution in [3.05, 3.63) is 47.1 Å². The van der Waals surface area contributed by atoms with Gasteiger partial charge in [-0.2, -0.15) is 0 Å². The molecule has 0 unspecified atom stereocenters. The number of hydrogen-bond acceptors (Lipinski definition) is 2. The summed E-state index contributed by atoms with van der Waals surface area (Å²) < 4.78 is 0. The predicted molar refractivity (Wildman–Crippen MR) is 67.5 cm³/mol. The Morgan fingerprint density at radius 2 is 1.65 bits per heavy atom. The molecular weight excluding hydrogens is 212 g/mol. The maximum atomic E-state index is 12.1. The SMILES string of the molecule is CCC1=CC(=O)C2=C(C=CC(C)(C)C=C2)C1=O. The first-order valence-electron chi connectivity index (χ1n) is 5.87. The van der Waals surface area contributed by atoms with Crippen LogP contribution in [0, 0.1) is 5.41 Å². The molecule has 2 rings (SSSR count). The van der Waals surface area contributed by atoms with Gasteiger partial charge < -0.3 is 0 Å². The Morgan fingerprint density at radius 1 is 1.06 bits per heavy atom. The Morgan fingerprint density at radius 3 is 2.24 bits per heavy atom. The van der Waals surface area contributed by atoms with Gasteiger partial charge in [0.15, 0.2) is 11.6 Å². The van der Waals surface area contributed by atoms with Crippen LogP contribution in [0.1, 0.15) is 27.2 Å². The fourth-order valence-corrected chi connectivity index (χ4v) is 1.98. The summed E-state index contributed by atoms with van der Waals surface area (Å²) in [7, 11) is 0. The first-order chi connectivity index (χ1) is 7.94. The second-order valence-corrected chi connectivity index (χ2v) is 5.03. The van der Waals surface area contributed by atoms with E-state index in [1.807, 2.05) is 32.9 Å². The highest BCUT2D eigenvalue weighted by atomic mass is 16.1. The second kappa shape index (κ2) is 3.95. The summed E-state index contributed by atoms with van der Waals surface area (Å²) in [5, 5.41) is 0. The van der Waals surface area contributed by atoms with Gasteiger partial charge in [-0.05, 0) is 12.5 Å². The van der Waals surface area contributed by atoms with Crippen LogP contribution in [-0.2, 0) is 9.59 Å². The highest BCUT2D eigenvalue weighted by molar-refractivity contribution is 6.25. The number of carbonyl (C=O) groups is 2. The average molecular weight is 228 g/mol. The summed E-state index contributed by atoms with van der Waals surface area (Å²) in [4.78, 5) is 24.1. The van der Waals surface area contributed by atoms with E-state index in [1.54, 1.807) is 12.2 Å². The van der Waals surface area contributed by atoms with Crippen molar-refractivity contribution in [2.45, 2.75) is 27.2 Å². The molecule has 0 aliphatic heterocycles. The van der Waals surface area contributed by atoms with E-state index in [-0.39, 0.29) is 17.0 Å². The van der Waals surface area contributed by atoms with Crippen molar-refractivity contribution in [1.82, 2.24) is 0 Å². The van der Waals surface area contributed by atoms with Crippen LogP contribution in [0.15, 0.2) is 47.1 Å². The monoisotopic (exact) mass is 228 g/mol. The Hall–Kier alpha value is -1.70. The molecule has 2 aliphatic rings. The van der Waals surface area contributed by atoms with Crippen LogP contribution < -0.4 is 0 Å². The summed E-state index contributed by atoms with van der Waals surface area (Å²) in [5.41, 5.74) is 1.54. The van der Waals surface area contributed by atoms with Crippen LogP contribution in [0.4, 0.5) is 0 Å².